The van der Waals surface area contributed by atoms with E-state index in [1.165, 1.54) is 60.4 Å². The number of nitrogens with zero attached hydrogens (tertiary/aromatic N) is 2. The van der Waals surface area contributed by atoms with Crippen molar-refractivity contribution in [2.75, 3.05) is 0 Å². The summed E-state index contributed by atoms with van der Waals surface area (Å²) in [6.07, 6.45) is 0. The van der Waals surface area contributed by atoms with Crippen LogP contribution in [-0.2, 0) is 7.05 Å². The molecule has 2 aromatic heterocycles. The molecule has 0 unspecified atom stereocenters. The first-order valence-electron chi connectivity index (χ1n) is 11.4. The highest BCUT2D eigenvalue weighted by atomic mass is 15.0. The first-order valence-corrected chi connectivity index (χ1v) is 11.4. The van der Waals surface area contributed by atoms with Gasteiger partial charge in [-0.3, -0.25) is 0 Å². The van der Waals surface area contributed by atoms with Gasteiger partial charge < -0.3 is 9.13 Å². The highest BCUT2D eigenvalue weighted by Crippen LogP contribution is 2.40. The zero-order chi connectivity index (χ0) is 21.9. The van der Waals surface area contributed by atoms with E-state index in [0.717, 1.165) is 0 Å². The van der Waals surface area contributed by atoms with Gasteiger partial charge >= 0.3 is 0 Å². The van der Waals surface area contributed by atoms with Crippen molar-refractivity contribution in [3.05, 3.63) is 115 Å². The highest BCUT2D eigenvalue weighted by Gasteiger charge is 2.19. The molecule has 7 aromatic rings. The number of fused-ring (bicyclic) bond motifs is 7. The average molecular weight is 423 g/mol. The SMILES string of the molecule is Cn1c2ccccc2c2ccc3c4ccc(-c5ccccc5)cc4n(-c4ccccc4)c3c21. The number of hydrogen-bond donors (Lipinski definition) is 0. The fourth-order valence-corrected chi connectivity index (χ4v) is 5.41. The van der Waals surface area contributed by atoms with E-state index in [2.05, 4.69) is 131 Å². The number of hydrogen-bond acceptors (Lipinski definition) is 0. The largest absolute Gasteiger partial charge is 0.342 e. The lowest BCUT2D eigenvalue weighted by Gasteiger charge is -2.10. The summed E-state index contributed by atoms with van der Waals surface area (Å²) in [6.45, 7) is 0. The van der Waals surface area contributed by atoms with Crippen LogP contribution in [0.25, 0.3) is 60.4 Å². The molecule has 0 radical (unpaired) electrons. The van der Waals surface area contributed by atoms with E-state index in [9.17, 15) is 0 Å². The molecule has 2 nitrogen and oxygen atoms in total. The maximum Gasteiger partial charge on any atom is 0.0785 e. The first kappa shape index (κ1) is 18.3. The summed E-state index contributed by atoms with van der Waals surface area (Å²) in [4.78, 5) is 0. The van der Waals surface area contributed by atoms with E-state index in [4.69, 9.17) is 0 Å². The Hall–Kier alpha value is -4.30. The molecule has 0 saturated heterocycles. The molecule has 0 atom stereocenters. The smallest absolute Gasteiger partial charge is 0.0785 e. The zero-order valence-electron chi connectivity index (χ0n) is 18.4. The van der Waals surface area contributed by atoms with Crippen molar-refractivity contribution in [1.29, 1.82) is 0 Å². The second-order valence-corrected chi connectivity index (χ2v) is 8.70. The minimum absolute atomic E-state index is 1.18. The average Bonchev–Trinajstić information content (AvgIpc) is 3.37. The van der Waals surface area contributed by atoms with Crippen LogP contribution in [0.1, 0.15) is 0 Å². The van der Waals surface area contributed by atoms with Crippen LogP contribution in [0.4, 0.5) is 0 Å². The third-order valence-electron chi connectivity index (χ3n) is 6.92. The second-order valence-electron chi connectivity index (χ2n) is 8.70. The van der Waals surface area contributed by atoms with E-state index in [0.29, 0.717) is 0 Å². The normalized spacial score (nSPS) is 11.8. The molecule has 0 bridgehead atoms. The van der Waals surface area contributed by atoms with Crippen molar-refractivity contribution in [2.24, 2.45) is 7.05 Å². The summed E-state index contributed by atoms with van der Waals surface area (Å²) < 4.78 is 4.79. The van der Waals surface area contributed by atoms with E-state index >= 15 is 0 Å². The van der Waals surface area contributed by atoms with Crippen molar-refractivity contribution < 1.29 is 0 Å². The van der Waals surface area contributed by atoms with Gasteiger partial charge in [-0.2, -0.15) is 0 Å². The van der Waals surface area contributed by atoms with Gasteiger partial charge in [0.25, 0.3) is 0 Å². The Balaban J connectivity index is 1.70. The summed E-state index contributed by atoms with van der Waals surface area (Å²) in [6, 6.07) is 41.5. The lowest BCUT2D eigenvalue weighted by Crippen LogP contribution is -1.96. The van der Waals surface area contributed by atoms with E-state index in [1.54, 1.807) is 0 Å². The molecule has 33 heavy (non-hydrogen) atoms. The van der Waals surface area contributed by atoms with Gasteiger partial charge in [0.15, 0.2) is 0 Å². The monoisotopic (exact) mass is 422 g/mol. The minimum atomic E-state index is 1.18. The van der Waals surface area contributed by atoms with Gasteiger partial charge in [0, 0.05) is 39.8 Å². The Morgan fingerprint density at radius 2 is 1.06 bits per heavy atom. The number of para-hydroxylation sites is 2. The molecular weight excluding hydrogens is 400 g/mol. The summed E-state index contributed by atoms with van der Waals surface area (Å²) in [7, 11) is 2.19. The fourth-order valence-electron chi connectivity index (χ4n) is 5.41. The van der Waals surface area contributed by atoms with Crippen molar-refractivity contribution in [1.82, 2.24) is 9.13 Å². The fraction of sp³-hybridized carbons (Fsp3) is 0.0323. The third-order valence-corrected chi connectivity index (χ3v) is 6.92. The predicted octanol–water partition coefficient (Wildman–Crippen LogP) is 8.10. The summed E-state index contributed by atoms with van der Waals surface area (Å²) in [5, 5.41) is 5.16. The Morgan fingerprint density at radius 1 is 0.455 bits per heavy atom. The zero-order valence-corrected chi connectivity index (χ0v) is 18.4. The predicted molar refractivity (Wildman–Crippen MR) is 140 cm³/mol. The lowest BCUT2D eigenvalue weighted by atomic mass is 10.0. The molecule has 0 amide bonds. The van der Waals surface area contributed by atoms with Crippen molar-refractivity contribution >= 4 is 43.6 Å². The third kappa shape index (κ3) is 2.55. The summed E-state index contributed by atoms with van der Waals surface area (Å²) >= 11 is 0. The summed E-state index contributed by atoms with van der Waals surface area (Å²) in [5.41, 5.74) is 8.67. The number of benzene rings is 5. The number of aromatic nitrogens is 2. The Morgan fingerprint density at radius 3 is 1.85 bits per heavy atom. The van der Waals surface area contributed by atoms with Crippen molar-refractivity contribution in [2.45, 2.75) is 0 Å². The van der Waals surface area contributed by atoms with Crippen molar-refractivity contribution in [3.63, 3.8) is 0 Å². The maximum absolute atomic E-state index is 2.44. The van der Waals surface area contributed by atoms with Crippen LogP contribution in [0.15, 0.2) is 115 Å². The topological polar surface area (TPSA) is 9.86 Å². The molecule has 7 rings (SSSR count). The minimum Gasteiger partial charge on any atom is -0.342 e. The van der Waals surface area contributed by atoms with Gasteiger partial charge in [0.2, 0.25) is 0 Å². The molecule has 0 aliphatic heterocycles. The molecule has 0 spiro atoms. The molecule has 2 heterocycles. The van der Waals surface area contributed by atoms with Crippen LogP contribution in [0.5, 0.6) is 0 Å². The van der Waals surface area contributed by atoms with E-state index in [1.807, 2.05) is 0 Å². The van der Waals surface area contributed by atoms with Gasteiger partial charge in [-0.25, -0.2) is 0 Å². The molecule has 5 aromatic carbocycles. The molecule has 0 N–H and O–H groups in total. The first-order chi connectivity index (χ1) is 16.3. The molecule has 0 aliphatic rings. The van der Waals surface area contributed by atoms with Crippen LogP contribution >= 0.6 is 0 Å². The number of aryl methyl sites for hydroxylation is 1. The Kier molecular flexibility index (Phi) is 3.80. The van der Waals surface area contributed by atoms with Gasteiger partial charge in [0.05, 0.1) is 16.6 Å². The molecule has 0 fully saturated rings. The van der Waals surface area contributed by atoms with Crippen LogP contribution in [0, 0.1) is 0 Å². The Bertz CT molecular complexity index is 1800. The Labute approximate surface area is 191 Å². The van der Waals surface area contributed by atoms with Crippen LogP contribution in [0.3, 0.4) is 0 Å². The van der Waals surface area contributed by atoms with E-state index < -0.39 is 0 Å². The highest BCUT2D eigenvalue weighted by molar-refractivity contribution is 6.23. The van der Waals surface area contributed by atoms with Gasteiger partial charge in [-0.05, 0) is 35.4 Å². The molecule has 0 aliphatic carbocycles. The molecule has 2 heteroatoms. The van der Waals surface area contributed by atoms with Crippen LogP contribution in [-0.4, -0.2) is 9.13 Å². The van der Waals surface area contributed by atoms with Gasteiger partial charge in [0.1, 0.15) is 0 Å². The second kappa shape index (κ2) is 6.85. The molecule has 156 valence electrons. The number of rotatable bonds is 2. The van der Waals surface area contributed by atoms with E-state index in [-0.39, 0.29) is 0 Å². The van der Waals surface area contributed by atoms with Crippen LogP contribution < -0.4 is 0 Å². The standard InChI is InChI=1S/C31H22N2/c1-32-28-15-9-8-14-24(28)26-18-19-27-25-17-16-22(21-10-4-2-5-11-21)20-29(25)33(31(27)30(26)32)23-12-6-3-7-13-23/h2-20H,1H3. The molecule has 0 saturated carbocycles. The quantitative estimate of drug-likeness (QED) is 0.266. The maximum atomic E-state index is 2.44. The summed E-state index contributed by atoms with van der Waals surface area (Å²) in [5.74, 6) is 0. The lowest BCUT2D eigenvalue weighted by molar-refractivity contribution is 1.01. The van der Waals surface area contributed by atoms with Crippen molar-refractivity contribution in [3.8, 4) is 16.8 Å². The van der Waals surface area contributed by atoms with Gasteiger partial charge in [-0.1, -0.05) is 91.0 Å². The van der Waals surface area contributed by atoms with Gasteiger partial charge in [-0.15, -0.1) is 0 Å². The van der Waals surface area contributed by atoms with Crippen LogP contribution in [0.2, 0.25) is 0 Å². The molecular formula is C31H22N2.